The van der Waals surface area contributed by atoms with Crippen LogP contribution in [-0.4, -0.2) is 19.8 Å². The first-order chi connectivity index (χ1) is 6.11. The summed E-state index contributed by atoms with van der Waals surface area (Å²) in [5.41, 5.74) is 14.9. The van der Waals surface area contributed by atoms with Crippen LogP contribution in [0.2, 0.25) is 0 Å². The molecule has 70 valence electrons. The van der Waals surface area contributed by atoms with Crippen LogP contribution >= 0.6 is 23.9 Å². The van der Waals surface area contributed by atoms with Crippen LogP contribution in [0.25, 0.3) is 0 Å². The molecule has 6 N–H and O–H groups in total. The van der Waals surface area contributed by atoms with Crippen LogP contribution in [0.4, 0.5) is 5.82 Å². The van der Waals surface area contributed by atoms with Crippen LogP contribution in [0.15, 0.2) is 0 Å². The molecular formula is C4H6N6OS2. The number of amides is 1. The van der Waals surface area contributed by atoms with E-state index in [1.165, 1.54) is 0 Å². The molecule has 0 aliphatic heterocycles. The fourth-order valence-electron chi connectivity index (χ4n) is 0.531. The summed E-state index contributed by atoms with van der Waals surface area (Å²) in [6.45, 7) is 0. The van der Waals surface area contributed by atoms with Gasteiger partial charge >= 0.3 is 0 Å². The number of nitrogens with two attached hydrogens (primary N) is 2. The number of anilines is 1. The van der Waals surface area contributed by atoms with E-state index in [1.54, 1.807) is 0 Å². The van der Waals surface area contributed by atoms with Gasteiger partial charge in [0.15, 0.2) is 16.6 Å². The molecule has 0 aliphatic rings. The SMILES string of the molecule is NC(=S)NNC(=O)c1nsnc1N. The second-order valence-electron chi connectivity index (χ2n) is 1.94. The van der Waals surface area contributed by atoms with Gasteiger partial charge in [0.2, 0.25) is 0 Å². The van der Waals surface area contributed by atoms with E-state index in [1.807, 2.05) is 0 Å². The van der Waals surface area contributed by atoms with Crippen molar-refractivity contribution < 1.29 is 4.79 Å². The molecule has 1 aromatic rings. The summed E-state index contributed by atoms with van der Waals surface area (Å²) in [7, 11) is 0. The molecule has 0 saturated carbocycles. The average Bonchev–Trinajstić information content (AvgIpc) is 2.47. The minimum atomic E-state index is -0.529. The van der Waals surface area contributed by atoms with E-state index in [9.17, 15) is 4.79 Å². The highest BCUT2D eigenvalue weighted by Crippen LogP contribution is 2.05. The van der Waals surface area contributed by atoms with E-state index in [4.69, 9.17) is 11.5 Å². The van der Waals surface area contributed by atoms with Crippen molar-refractivity contribution in [3.05, 3.63) is 5.69 Å². The summed E-state index contributed by atoms with van der Waals surface area (Å²) in [6, 6.07) is 0. The number of nitrogens with zero attached hydrogens (tertiary/aromatic N) is 2. The predicted molar refractivity (Wildman–Crippen MR) is 51.7 cm³/mol. The van der Waals surface area contributed by atoms with E-state index in [-0.39, 0.29) is 16.6 Å². The van der Waals surface area contributed by atoms with E-state index < -0.39 is 5.91 Å². The second kappa shape index (κ2) is 3.96. The molecule has 0 fully saturated rings. The van der Waals surface area contributed by atoms with Gasteiger partial charge in [-0.25, -0.2) is 0 Å². The van der Waals surface area contributed by atoms with Crippen molar-refractivity contribution in [1.82, 2.24) is 19.6 Å². The van der Waals surface area contributed by atoms with Crippen molar-refractivity contribution in [2.45, 2.75) is 0 Å². The summed E-state index contributed by atoms with van der Waals surface area (Å²) in [6.07, 6.45) is 0. The Bertz CT molecular complexity index is 335. The lowest BCUT2D eigenvalue weighted by Gasteiger charge is -2.03. The standard InChI is InChI=1S/C4H6N6OS2/c5-2-1(9-13-10-2)3(11)7-8-4(6)12/h(H2,5,10)(H,7,11)(H3,6,8,12). The van der Waals surface area contributed by atoms with E-state index in [2.05, 4.69) is 31.8 Å². The Labute approximate surface area is 82.8 Å². The van der Waals surface area contributed by atoms with Crippen LogP contribution in [-0.2, 0) is 0 Å². The Hall–Kier alpha value is -1.48. The topological polar surface area (TPSA) is 119 Å². The Balaban J connectivity index is 2.59. The Morgan fingerprint density at radius 1 is 1.46 bits per heavy atom. The zero-order valence-electron chi connectivity index (χ0n) is 6.27. The number of carbonyl (C=O) groups excluding carboxylic acids is 1. The van der Waals surface area contributed by atoms with E-state index >= 15 is 0 Å². The maximum absolute atomic E-state index is 11.2. The molecule has 1 amide bonds. The van der Waals surface area contributed by atoms with Crippen molar-refractivity contribution in [2.75, 3.05) is 5.73 Å². The molecule has 1 aromatic heterocycles. The molecule has 0 spiro atoms. The third-order valence-corrected chi connectivity index (χ3v) is 1.67. The quantitative estimate of drug-likeness (QED) is 0.338. The lowest BCUT2D eigenvalue weighted by molar-refractivity contribution is 0.0941. The molecule has 0 atom stereocenters. The van der Waals surface area contributed by atoms with Crippen LogP contribution in [0, 0.1) is 0 Å². The predicted octanol–water partition coefficient (Wildman–Crippen LogP) is -1.40. The fraction of sp³-hybridized carbons (Fsp3) is 0. The molecule has 9 heteroatoms. The number of carbonyl (C=O) groups is 1. The average molecular weight is 218 g/mol. The van der Waals surface area contributed by atoms with Gasteiger partial charge in [-0.1, -0.05) is 0 Å². The Kier molecular flexibility index (Phi) is 2.93. The van der Waals surface area contributed by atoms with Crippen molar-refractivity contribution >= 4 is 40.8 Å². The van der Waals surface area contributed by atoms with Gasteiger partial charge in [0.05, 0.1) is 11.7 Å². The van der Waals surface area contributed by atoms with E-state index in [0.717, 1.165) is 11.7 Å². The van der Waals surface area contributed by atoms with Gasteiger partial charge in [-0.15, -0.1) is 0 Å². The van der Waals surface area contributed by atoms with Crippen LogP contribution in [0.1, 0.15) is 10.5 Å². The Morgan fingerprint density at radius 2 is 2.15 bits per heavy atom. The van der Waals surface area contributed by atoms with Crippen molar-refractivity contribution in [3.8, 4) is 0 Å². The van der Waals surface area contributed by atoms with Crippen molar-refractivity contribution in [2.24, 2.45) is 5.73 Å². The minimum absolute atomic E-state index is 0.0462. The van der Waals surface area contributed by atoms with Gasteiger partial charge in [0.1, 0.15) is 0 Å². The minimum Gasteiger partial charge on any atom is -0.381 e. The molecule has 1 rings (SSSR count). The number of hydrogen-bond acceptors (Lipinski definition) is 6. The number of thiocarbonyl (C=S) groups is 1. The van der Waals surface area contributed by atoms with Crippen molar-refractivity contribution in [1.29, 1.82) is 0 Å². The van der Waals surface area contributed by atoms with Gasteiger partial charge in [-0.3, -0.25) is 15.6 Å². The monoisotopic (exact) mass is 218 g/mol. The molecule has 0 radical (unpaired) electrons. The first kappa shape index (κ1) is 9.61. The highest BCUT2D eigenvalue weighted by molar-refractivity contribution is 7.80. The molecular weight excluding hydrogens is 212 g/mol. The van der Waals surface area contributed by atoms with Gasteiger partial charge in [-0.2, -0.15) is 8.75 Å². The maximum Gasteiger partial charge on any atom is 0.293 e. The third-order valence-electron chi connectivity index (χ3n) is 1.03. The van der Waals surface area contributed by atoms with Gasteiger partial charge in [-0.05, 0) is 12.2 Å². The molecule has 0 saturated heterocycles. The maximum atomic E-state index is 11.2. The molecule has 1 heterocycles. The summed E-state index contributed by atoms with van der Waals surface area (Å²) >= 11 is 5.31. The zero-order valence-corrected chi connectivity index (χ0v) is 7.91. The van der Waals surface area contributed by atoms with Gasteiger partial charge in [0.25, 0.3) is 5.91 Å². The van der Waals surface area contributed by atoms with Gasteiger partial charge < -0.3 is 11.5 Å². The van der Waals surface area contributed by atoms with Crippen molar-refractivity contribution in [3.63, 3.8) is 0 Å². The van der Waals surface area contributed by atoms with E-state index in [0.29, 0.717) is 0 Å². The molecule has 0 bridgehead atoms. The summed E-state index contributed by atoms with van der Waals surface area (Å²) < 4.78 is 7.28. The summed E-state index contributed by atoms with van der Waals surface area (Å²) in [4.78, 5) is 11.2. The lowest BCUT2D eigenvalue weighted by atomic mass is 10.4. The first-order valence-corrected chi connectivity index (χ1v) is 4.19. The molecule has 0 aliphatic carbocycles. The zero-order chi connectivity index (χ0) is 9.84. The fourth-order valence-corrected chi connectivity index (χ4v) is 1.05. The normalized spacial score (nSPS) is 9.23. The summed E-state index contributed by atoms with van der Waals surface area (Å²) in [5.74, 6) is -0.453. The van der Waals surface area contributed by atoms with Crippen LogP contribution < -0.4 is 22.3 Å². The summed E-state index contributed by atoms with van der Waals surface area (Å²) in [5, 5.41) is -0.0462. The number of aromatic nitrogens is 2. The molecule has 0 unspecified atom stereocenters. The highest BCUT2D eigenvalue weighted by atomic mass is 32.1. The number of hydrazine groups is 1. The second-order valence-corrected chi connectivity index (χ2v) is 2.91. The number of hydrogen-bond donors (Lipinski definition) is 4. The first-order valence-electron chi connectivity index (χ1n) is 3.05. The van der Waals surface area contributed by atoms with Crippen LogP contribution in [0.3, 0.4) is 0 Å². The molecule has 13 heavy (non-hydrogen) atoms. The Morgan fingerprint density at radius 3 is 2.62 bits per heavy atom. The molecule has 0 aromatic carbocycles. The largest absolute Gasteiger partial charge is 0.381 e. The van der Waals surface area contributed by atoms with Crippen LogP contribution in [0.5, 0.6) is 0 Å². The highest BCUT2D eigenvalue weighted by Gasteiger charge is 2.13. The smallest absolute Gasteiger partial charge is 0.293 e. The number of rotatable bonds is 1. The van der Waals surface area contributed by atoms with Gasteiger partial charge in [0, 0.05) is 0 Å². The third kappa shape index (κ3) is 2.49. The number of nitrogens with one attached hydrogen (secondary N) is 2. The lowest BCUT2D eigenvalue weighted by Crippen LogP contribution is -2.44. The molecule has 7 nitrogen and oxygen atoms in total. The number of nitrogen functional groups attached to an aromatic ring is 1.